The highest BCUT2D eigenvalue weighted by Crippen LogP contribution is 2.31. The minimum atomic E-state index is -0.340. The van der Waals surface area contributed by atoms with Gasteiger partial charge in [0.05, 0.1) is 6.04 Å². The summed E-state index contributed by atoms with van der Waals surface area (Å²) in [6.07, 6.45) is 3.43. The van der Waals surface area contributed by atoms with Crippen molar-refractivity contribution >= 4 is 17.5 Å². The van der Waals surface area contributed by atoms with Gasteiger partial charge in [-0.2, -0.15) is 0 Å². The minimum absolute atomic E-state index is 0.0571. The van der Waals surface area contributed by atoms with Crippen LogP contribution in [0.25, 0.3) is 0 Å². The summed E-state index contributed by atoms with van der Waals surface area (Å²) in [6.45, 7) is 8.48. The molecule has 1 heterocycles. The van der Waals surface area contributed by atoms with Crippen LogP contribution in [0.5, 0.6) is 0 Å². The van der Waals surface area contributed by atoms with Crippen molar-refractivity contribution in [2.75, 3.05) is 0 Å². The van der Waals surface area contributed by atoms with E-state index in [9.17, 15) is 14.4 Å². The quantitative estimate of drug-likeness (QED) is 0.644. The van der Waals surface area contributed by atoms with Crippen molar-refractivity contribution in [2.45, 2.75) is 65.0 Å². The molecule has 1 unspecified atom stereocenters. The second-order valence-electron chi connectivity index (χ2n) is 9.08. The molecule has 2 aromatic rings. The maximum atomic E-state index is 12.9. The predicted octanol–water partition coefficient (Wildman–Crippen LogP) is 4.68. The summed E-state index contributed by atoms with van der Waals surface area (Å²) < 4.78 is 0. The number of hydrogen-bond acceptors (Lipinski definition) is 3. The molecule has 1 fully saturated rings. The Kier molecular flexibility index (Phi) is 5.90. The van der Waals surface area contributed by atoms with Gasteiger partial charge in [0.2, 0.25) is 0 Å². The van der Waals surface area contributed by atoms with Gasteiger partial charge in [0.1, 0.15) is 5.78 Å². The minimum Gasteiger partial charge on any atom is -0.324 e. The van der Waals surface area contributed by atoms with Gasteiger partial charge in [-0.3, -0.25) is 14.4 Å². The van der Waals surface area contributed by atoms with Crippen molar-refractivity contribution in [1.82, 2.24) is 4.90 Å². The van der Waals surface area contributed by atoms with Gasteiger partial charge in [0.25, 0.3) is 5.91 Å². The van der Waals surface area contributed by atoms with Crippen LogP contribution in [0, 0.1) is 13.8 Å². The summed E-state index contributed by atoms with van der Waals surface area (Å²) >= 11 is 0. The summed E-state index contributed by atoms with van der Waals surface area (Å²) in [6, 6.07) is 11.7. The zero-order chi connectivity index (χ0) is 22.1. The van der Waals surface area contributed by atoms with Crippen molar-refractivity contribution in [2.24, 2.45) is 0 Å². The first kappa shape index (κ1) is 21.2. The van der Waals surface area contributed by atoms with Crippen molar-refractivity contribution in [3.63, 3.8) is 0 Å². The van der Waals surface area contributed by atoms with Gasteiger partial charge in [-0.15, -0.1) is 0 Å². The zero-order valence-electron chi connectivity index (χ0n) is 18.4. The van der Waals surface area contributed by atoms with Crippen LogP contribution >= 0.6 is 0 Å². The van der Waals surface area contributed by atoms with Crippen molar-refractivity contribution in [1.29, 1.82) is 0 Å². The Balaban J connectivity index is 1.38. The molecule has 1 atom stereocenters. The Morgan fingerprint density at radius 2 is 1.81 bits per heavy atom. The number of carbonyl (C=O) groups excluding carboxylic acids is 3. The molecule has 4 rings (SSSR count). The highest BCUT2D eigenvalue weighted by molar-refractivity contribution is 6.02. The first-order valence-corrected chi connectivity index (χ1v) is 11.0. The number of rotatable bonds is 6. The Morgan fingerprint density at radius 3 is 2.52 bits per heavy atom. The molecule has 1 amide bonds. The van der Waals surface area contributed by atoms with E-state index in [2.05, 4.69) is 24.8 Å². The smallest absolute Gasteiger partial charge is 0.255 e. The topological polar surface area (TPSA) is 54.5 Å². The van der Waals surface area contributed by atoms with Crippen LogP contribution in [-0.2, 0) is 29.0 Å². The zero-order valence-corrected chi connectivity index (χ0v) is 18.4. The molecule has 31 heavy (non-hydrogen) atoms. The van der Waals surface area contributed by atoms with Gasteiger partial charge in [-0.05, 0) is 55.9 Å². The van der Waals surface area contributed by atoms with E-state index in [4.69, 9.17) is 0 Å². The van der Waals surface area contributed by atoms with E-state index < -0.39 is 0 Å². The van der Waals surface area contributed by atoms with Gasteiger partial charge in [0.15, 0.2) is 5.78 Å². The Hall–Kier alpha value is -3.01. The molecule has 0 spiro atoms. The molecule has 1 saturated carbocycles. The summed E-state index contributed by atoms with van der Waals surface area (Å²) in [5, 5.41) is 0. The number of Topliss-reactive ketones (excluding diaryl/α,β-unsaturated/α-hetero) is 2. The fourth-order valence-corrected chi connectivity index (χ4v) is 4.86. The van der Waals surface area contributed by atoms with Gasteiger partial charge in [-0.1, -0.05) is 53.6 Å². The van der Waals surface area contributed by atoms with Crippen LogP contribution in [0.2, 0.25) is 0 Å². The van der Waals surface area contributed by atoms with Crippen LogP contribution < -0.4 is 0 Å². The third kappa shape index (κ3) is 4.68. The molecule has 0 N–H and O–H groups in total. The molecule has 0 aromatic heterocycles. The molecule has 4 nitrogen and oxygen atoms in total. The van der Waals surface area contributed by atoms with E-state index in [1.54, 1.807) is 4.90 Å². The molecular formula is C27H29NO3. The van der Waals surface area contributed by atoms with E-state index in [0.717, 1.165) is 28.7 Å². The Labute approximate surface area is 184 Å². The molecule has 1 aliphatic carbocycles. The average molecular weight is 416 g/mol. The lowest BCUT2D eigenvalue weighted by Gasteiger charge is -2.30. The summed E-state index contributed by atoms with van der Waals surface area (Å²) in [5.74, 6) is 0.254. The molecule has 2 aromatic carbocycles. The van der Waals surface area contributed by atoms with E-state index in [0.29, 0.717) is 44.2 Å². The van der Waals surface area contributed by atoms with Gasteiger partial charge in [-0.25, -0.2) is 0 Å². The first-order valence-electron chi connectivity index (χ1n) is 11.0. The van der Waals surface area contributed by atoms with Gasteiger partial charge in [0, 0.05) is 31.4 Å². The van der Waals surface area contributed by atoms with Gasteiger partial charge >= 0.3 is 0 Å². The number of nitrogens with zero attached hydrogens (tertiary/aromatic N) is 1. The number of carbonyl (C=O) groups is 3. The number of allylic oxidation sites excluding steroid dienone is 1. The average Bonchev–Trinajstić information content (AvgIpc) is 3.01. The fourth-order valence-electron chi connectivity index (χ4n) is 4.86. The predicted molar refractivity (Wildman–Crippen MR) is 121 cm³/mol. The van der Waals surface area contributed by atoms with Crippen LogP contribution in [0.15, 0.2) is 48.6 Å². The molecule has 0 bridgehead atoms. The number of amides is 1. The lowest BCUT2D eigenvalue weighted by atomic mass is 9.90. The highest BCUT2D eigenvalue weighted by Gasteiger charge is 2.37. The van der Waals surface area contributed by atoms with Crippen molar-refractivity contribution in [3.05, 3.63) is 81.9 Å². The summed E-state index contributed by atoms with van der Waals surface area (Å²) in [5.41, 5.74) is 7.08. The maximum absolute atomic E-state index is 12.9. The van der Waals surface area contributed by atoms with Gasteiger partial charge < -0.3 is 4.90 Å². The van der Waals surface area contributed by atoms with Crippen LogP contribution in [0.4, 0.5) is 0 Å². The van der Waals surface area contributed by atoms with Crippen LogP contribution in [0.1, 0.15) is 63.9 Å². The molecule has 0 radical (unpaired) electrons. The normalized spacial score (nSPS) is 18.5. The third-order valence-electron chi connectivity index (χ3n) is 6.32. The van der Waals surface area contributed by atoms with Crippen LogP contribution in [0.3, 0.4) is 0 Å². The number of benzene rings is 2. The number of aryl methyl sites for hydroxylation is 3. The Morgan fingerprint density at radius 1 is 1.06 bits per heavy atom. The standard InChI is InChI=1S/C27H29NO3/c1-17-4-9-25(26(30)13-17)28-16-22-14-20(6-8-24(22)27(28)31)5-7-23(29)15-21-11-18(2)10-19(3)12-21/h6,8,10-12,14,25H,1,4-5,7,9,13,15-16H2,2-3H3. The molecular weight excluding hydrogens is 386 g/mol. The van der Waals surface area contributed by atoms with Crippen molar-refractivity contribution < 1.29 is 14.4 Å². The lowest BCUT2D eigenvalue weighted by molar-refractivity contribution is -0.124. The van der Waals surface area contributed by atoms with Crippen molar-refractivity contribution in [3.8, 4) is 0 Å². The van der Waals surface area contributed by atoms with E-state index in [1.807, 2.05) is 32.0 Å². The first-order chi connectivity index (χ1) is 14.8. The summed E-state index contributed by atoms with van der Waals surface area (Å²) in [7, 11) is 0. The Bertz CT molecular complexity index is 1060. The summed E-state index contributed by atoms with van der Waals surface area (Å²) in [4.78, 5) is 39.5. The van der Waals surface area contributed by atoms with E-state index in [1.165, 1.54) is 11.1 Å². The number of hydrogen-bond donors (Lipinski definition) is 0. The molecule has 2 aliphatic rings. The van der Waals surface area contributed by atoms with E-state index >= 15 is 0 Å². The maximum Gasteiger partial charge on any atom is 0.255 e. The molecule has 4 heteroatoms. The SMILES string of the molecule is C=C1CCC(N2Cc3cc(CCC(=O)Cc4cc(C)cc(C)c4)ccc3C2=O)C(=O)C1. The lowest BCUT2D eigenvalue weighted by Crippen LogP contribution is -2.43. The number of ketones is 2. The van der Waals surface area contributed by atoms with Crippen LogP contribution in [-0.4, -0.2) is 28.4 Å². The highest BCUT2D eigenvalue weighted by atomic mass is 16.2. The largest absolute Gasteiger partial charge is 0.324 e. The monoisotopic (exact) mass is 415 g/mol. The second kappa shape index (κ2) is 8.62. The number of fused-ring (bicyclic) bond motifs is 1. The van der Waals surface area contributed by atoms with E-state index in [-0.39, 0.29) is 23.5 Å². The second-order valence-corrected chi connectivity index (χ2v) is 9.08. The fraction of sp³-hybridized carbons (Fsp3) is 0.370. The third-order valence-corrected chi connectivity index (χ3v) is 6.32. The molecule has 160 valence electrons. The molecule has 1 aliphatic heterocycles. The molecule has 0 saturated heterocycles.